The van der Waals surface area contributed by atoms with Gasteiger partial charge < -0.3 is 98.8 Å². The number of carbonyl (C=O) groups excluding carboxylic acids is 2. The van der Waals surface area contributed by atoms with Gasteiger partial charge in [0.25, 0.3) is 0 Å². The van der Waals surface area contributed by atoms with Gasteiger partial charge in [-0.3, -0.25) is 9.59 Å². The fourth-order valence-electron chi connectivity index (χ4n) is 15.4. The number of fused-ring (bicyclic) bond motifs is 7. The van der Waals surface area contributed by atoms with Gasteiger partial charge >= 0.3 is 11.9 Å². The Morgan fingerprint density at radius 1 is 0.680 bits per heavy atom. The molecule has 4 saturated heterocycles. The van der Waals surface area contributed by atoms with Crippen molar-refractivity contribution in [1.29, 1.82) is 0 Å². The number of hydrogen-bond donors (Lipinski definition) is 11. The van der Waals surface area contributed by atoms with Crippen molar-refractivity contribution < 1.29 is 108 Å². The summed E-state index contributed by atoms with van der Waals surface area (Å²) in [6, 6.07) is 0. The van der Waals surface area contributed by atoms with E-state index in [1.165, 1.54) is 12.5 Å². The van der Waals surface area contributed by atoms with Crippen LogP contribution < -0.4 is 0 Å². The topological polar surface area (TPSA) is 340 Å². The minimum atomic E-state index is -1.90. The van der Waals surface area contributed by atoms with Crippen LogP contribution in [0.2, 0.25) is 0 Å². The first-order valence-corrected chi connectivity index (χ1v) is 27.0. The molecule has 5 aliphatic carbocycles. The van der Waals surface area contributed by atoms with Crippen LogP contribution in [0.1, 0.15) is 106 Å². The number of allylic oxidation sites excluding steroid dienone is 3. The van der Waals surface area contributed by atoms with Crippen LogP contribution in [0.4, 0.5) is 0 Å². The van der Waals surface area contributed by atoms with Crippen molar-refractivity contribution in [3.63, 3.8) is 0 Å². The number of carbonyl (C=O) groups is 2. The highest BCUT2D eigenvalue weighted by Crippen LogP contribution is 2.71. The third-order valence-corrected chi connectivity index (χ3v) is 19.9. The van der Waals surface area contributed by atoms with E-state index in [2.05, 4.69) is 40.3 Å². The predicted molar refractivity (Wildman–Crippen MR) is 256 cm³/mol. The van der Waals surface area contributed by atoms with Gasteiger partial charge in [-0.15, -0.1) is 0 Å². The second kappa shape index (κ2) is 21.6. The van der Waals surface area contributed by atoms with Gasteiger partial charge in [0, 0.05) is 12.8 Å². The Hall–Kier alpha value is -2.30. The number of rotatable bonds is 11. The Morgan fingerprint density at radius 3 is 2.07 bits per heavy atom. The largest absolute Gasteiger partial charge is 0.463 e. The molecule has 4 saturated carbocycles. The van der Waals surface area contributed by atoms with E-state index >= 15 is 0 Å². The fourth-order valence-corrected chi connectivity index (χ4v) is 15.4. The van der Waals surface area contributed by atoms with Gasteiger partial charge in [0.1, 0.15) is 92.1 Å². The second-order valence-electron chi connectivity index (χ2n) is 24.4. The Morgan fingerprint density at radius 2 is 1.35 bits per heavy atom. The van der Waals surface area contributed by atoms with Gasteiger partial charge in [-0.1, -0.05) is 51.5 Å². The molecule has 0 radical (unpaired) electrons. The molecule has 0 spiro atoms. The van der Waals surface area contributed by atoms with Crippen LogP contribution in [0.5, 0.6) is 0 Å². The lowest BCUT2D eigenvalue weighted by Gasteiger charge is -2.67. The fraction of sp³-hybridized carbons (Fsp3) is 0.887. The van der Waals surface area contributed by atoms with Gasteiger partial charge in [0.2, 0.25) is 6.29 Å². The van der Waals surface area contributed by atoms with E-state index in [1.54, 1.807) is 0 Å². The van der Waals surface area contributed by atoms with E-state index in [0.29, 0.717) is 43.9 Å². The smallest absolute Gasteiger partial charge is 0.315 e. The molecular weight excluding hydrogens is 989 g/mol. The van der Waals surface area contributed by atoms with Crippen molar-refractivity contribution in [1.82, 2.24) is 0 Å². The first-order chi connectivity index (χ1) is 35.2. The average Bonchev–Trinajstić information content (AvgIpc) is 3.41. The number of esters is 2. The van der Waals surface area contributed by atoms with Crippen molar-refractivity contribution in [3.8, 4) is 0 Å². The molecule has 4 aliphatic heterocycles. The molecular formula is C53H82O22. The minimum absolute atomic E-state index is 0.0586. The molecule has 11 N–H and O–H groups in total. The van der Waals surface area contributed by atoms with Crippen LogP contribution in [0, 0.1) is 45.3 Å². The highest BCUT2D eigenvalue weighted by molar-refractivity contribution is 5.79. The molecule has 0 unspecified atom stereocenters. The van der Waals surface area contributed by atoms with Crippen LogP contribution in [-0.4, -0.2) is 211 Å². The molecule has 426 valence electrons. The summed E-state index contributed by atoms with van der Waals surface area (Å²) in [4.78, 5) is 26.8. The molecule has 4 heterocycles. The lowest BCUT2D eigenvalue weighted by molar-refractivity contribution is -0.361. The maximum atomic E-state index is 15.0. The maximum Gasteiger partial charge on any atom is 0.315 e. The Bertz CT molecular complexity index is 2110. The van der Waals surface area contributed by atoms with E-state index in [-0.39, 0.29) is 40.8 Å². The van der Waals surface area contributed by atoms with Gasteiger partial charge in [-0.25, -0.2) is 0 Å². The monoisotopic (exact) mass is 1070 g/mol. The lowest BCUT2D eigenvalue weighted by Crippen LogP contribution is -2.65. The summed E-state index contributed by atoms with van der Waals surface area (Å²) >= 11 is 0. The molecule has 0 bridgehead atoms. The molecule has 0 amide bonds. The van der Waals surface area contributed by atoms with Crippen molar-refractivity contribution in [2.75, 3.05) is 19.8 Å². The molecule has 27 atom stereocenters. The SMILES string of the molecule is C=C1CC[C@]2(C(=O)O[C@@H]3O[C@H](CO[C@@H]4O[C@H](COC(C)=O)[C@@H](O[C@@H]5O[C@@H](C)[C@H](O)[C@@H](O)[C@H]5O)[C@H](O)[C@H]4O)[C@@H](O)[C@H](O)[C@H]3O)CC[C@]3(C)C(=CC[C@H]4[C@H]3CC[C@H]3C(C)(C)[C@@H](O[C@@H]5OC[C@H](O)[C@H](O)[C@H]5O)CC[C@]43C)[C@@H]2C1. The lowest BCUT2D eigenvalue weighted by atomic mass is 9.38. The summed E-state index contributed by atoms with van der Waals surface area (Å²) in [5.74, 6) is -0.690. The maximum absolute atomic E-state index is 15.0. The quantitative estimate of drug-likeness (QED) is 0.0695. The number of aliphatic hydroxyl groups is 11. The summed E-state index contributed by atoms with van der Waals surface area (Å²) < 4.78 is 52.4. The summed E-state index contributed by atoms with van der Waals surface area (Å²) in [5.41, 5.74) is 0.587. The normalized spacial score (nSPS) is 51.7. The molecule has 75 heavy (non-hydrogen) atoms. The molecule has 9 aliphatic rings. The van der Waals surface area contributed by atoms with Crippen LogP contribution in [0.15, 0.2) is 23.8 Å². The van der Waals surface area contributed by atoms with Crippen molar-refractivity contribution in [3.05, 3.63) is 23.8 Å². The zero-order valence-corrected chi connectivity index (χ0v) is 43.7. The van der Waals surface area contributed by atoms with Crippen molar-refractivity contribution in [2.24, 2.45) is 45.3 Å². The van der Waals surface area contributed by atoms with E-state index < -0.39 is 147 Å². The van der Waals surface area contributed by atoms with E-state index in [4.69, 9.17) is 42.6 Å². The number of aliphatic hydroxyl groups excluding tert-OH is 11. The molecule has 0 aromatic heterocycles. The number of ether oxygens (including phenoxy) is 9. The highest BCUT2D eigenvalue weighted by Gasteiger charge is 2.66. The second-order valence-corrected chi connectivity index (χ2v) is 24.4. The first-order valence-electron chi connectivity index (χ1n) is 27.0. The number of hydrogen-bond acceptors (Lipinski definition) is 22. The summed E-state index contributed by atoms with van der Waals surface area (Å²) in [7, 11) is 0. The Labute approximate surface area is 436 Å². The summed E-state index contributed by atoms with van der Waals surface area (Å²) in [6.45, 7) is 14.8. The standard InChI is InChI=1S/C53H82O22/c1-22-12-15-53(17-16-51(6)25-10-11-32-50(4,5)33(73-46-40(62)35(57)29(55)19-68-46)13-14-52(32,7)26(25)8-9-27(51)28(53)18-22)49(66)75-48-42(64)38(60)36(58)30(71-48)20-69-45-43(65)39(61)44(31(72-45)21-67-24(3)54)74-47-41(63)37(59)34(56)23(2)70-47/h9,23,25-26,28-48,55-65H,1,8,10-21H2,2-7H3/t23-,25+,26-,28-,29-,30+,31+,32-,33-,34-,35-,36+,37+,38-,39+,40+,41+,42+,43+,44+,45+,46-,47-,48-,51-,52+,53-/m0/s1. The van der Waals surface area contributed by atoms with Gasteiger partial charge in [0.05, 0.1) is 30.8 Å². The predicted octanol–water partition coefficient (Wildman–Crippen LogP) is -0.658. The van der Waals surface area contributed by atoms with Crippen LogP contribution in [0.25, 0.3) is 0 Å². The first kappa shape index (κ1) is 57.4. The third-order valence-electron chi connectivity index (χ3n) is 19.9. The van der Waals surface area contributed by atoms with Gasteiger partial charge in [0.15, 0.2) is 18.9 Å². The summed E-state index contributed by atoms with van der Waals surface area (Å²) in [5, 5.41) is 118. The molecule has 9 rings (SSSR count). The highest BCUT2D eigenvalue weighted by atomic mass is 16.8. The van der Waals surface area contributed by atoms with Gasteiger partial charge in [-0.05, 0) is 105 Å². The van der Waals surface area contributed by atoms with Crippen molar-refractivity contribution in [2.45, 2.75) is 229 Å². The molecule has 0 aromatic rings. The molecule has 0 aromatic carbocycles. The van der Waals surface area contributed by atoms with E-state index in [9.17, 15) is 65.8 Å². The molecule has 22 heteroatoms. The van der Waals surface area contributed by atoms with E-state index in [0.717, 1.165) is 44.6 Å². The average molecular weight is 1070 g/mol. The van der Waals surface area contributed by atoms with Crippen LogP contribution in [-0.2, 0) is 52.2 Å². The van der Waals surface area contributed by atoms with Gasteiger partial charge in [-0.2, -0.15) is 0 Å². The Balaban J connectivity index is 0.876. The van der Waals surface area contributed by atoms with Crippen molar-refractivity contribution >= 4 is 11.9 Å². The van der Waals surface area contributed by atoms with Crippen LogP contribution in [0.3, 0.4) is 0 Å². The van der Waals surface area contributed by atoms with E-state index in [1.807, 2.05) is 0 Å². The summed E-state index contributed by atoms with van der Waals surface area (Å²) in [6.07, 6.45) is -20.6. The third kappa shape index (κ3) is 10.1. The Kier molecular flexibility index (Phi) is 16.6. The zero-order valence-electron chi connectivity index (χ0n) is 43.7. The van der Waals surface area contributed by atoms with Crippen LogP contribution >= 0.6 is 0 Å². The minimum Gasteiger partial charge on any atom is -0.463 e. The molecule has 22 nitrogen and oxygen atoms in total. The molecule has 8 fully saturated rings. The zero-order chi connectivity index (χ0) is 54.4.